The van der Waals surface area contributed by atoms with Gasteiger partial charge in [0.1, 0.15) is 0 Å². The van der Waals surface area contributed by atoms with Crippen molar-refractivity contribution in [1.82, 2.24) is 15.2 Å². The Hall–Kier alpha value is -0.680. The predicted octanol–water partition coefficient (Wildman–Crippen LogP) is 2.30. The molecule has 56 valence electrons. The summed E-state index contributed by atoms with van der Waals surface area (Å²) in [5.41, 5.74) is 1.05. The number of halogens is 1. The Labute approximate surface area is 75.6 Å². The van der Waals surface area contributed by atoms with Gasteiger partial charge in [0.25, 0.3) is 0 Å². The third kappa shape index (κ3) is 1.34. The number of H-pyrrole nitrogens is 1. The van der Waals surface area contributed by atoms with E-state index in [0.717, 1.165) is 11.4 Å². The van der Waals surface area contributed by atoms with E-state index >= 15 is 0 Å². The van der Waals surface area contributed by atoms with Crippen LogP contribution in [0.3, 0.4) is 0 Å². The van der Waals surface area contributed by atoms with E-state index in [1.165, 1.54) is 0 Å². The fourth-order valence-corrected chi connectivity index (χ4v) is 1.65. The Morgan fingerprint density at radius 3 is 3.00 bits per heavy atom. The summed E-state index contributed by atoms with van der Waals surface area (Å²) >= 11 is 4.83. The number of nitrogens with one attached hydrogen (secondary N) is 1. The summed E-state index contributed by atoms with van der Waals surface area (Å²) in [5.74, 6) is 0.734. The Bertz CT molecular complexity index is 340. The lowest BCUT2D eigenvalue weighted by Crippen LogP contribution is -1.74. The molecule has 0 spiro atoms. The first-order valence-electron chi connectivity index (χ1n) is 2.97. The van der Waals surface area contributed by atoms with Gasteiger partial charge in [-0.2, -0.15) is 16.4 Å². The van der Waals surface area contributed by atoms with Gasteiger partial charge in [0.15, 0.2) is 10.6 Å². The Balaban J connectivity index is 2.45. The van der Waals surface area contributed by atoms with Crippen LogP contribution >= 0.6 is 27.3 Å². The van der Waals surface area contributed by atoms with Crippen molar-refractivity contribution >= 4 is 27.3 Å². The van der Waals surface area contributed by atoms with Gasteiger partial charge in [-0.15, -0.1) is 0 Å². The molecule has 1 N–H and O–H groups in total. The second-order valence-corrected chi connectivity index (χ2v) is 3.49. The van der Waals surface area contributed by atoms with Crippen LogP contribution in [0.1, 0.15) is 0 Å². The highest BCUT2D eigenvalue weighted by Gasteiger charge is 2.02. The summed E-state index contributed by atoms with van der Waals surface area (Å²) in [6, 6.07) is 1.99. The third-order valence-electron chi connectivity index (χ3n) is 1.24. The zero-order chi connectivity index (χ0) is 7.68. The number of aromatic nitrogens is 3. The van der Waals surface area contributed by atoms with Crippen LogP contribution in [0.5, 0.6) is 0 Å². The topological polar surface area (TPSA) is 41.6 Å². The van der Waals surface area contributed by atoms with E-state index in [1.54, 1.807) is 11.3 Å². The average molecular weight is 230 g/mol. The van der Waals surface area contributed by atoms with E-state index in [2.05, 4.69) is 31.1 Å². The summed E-state index contributed by atoms with van der Waals surface area (Å²) in [6.07, 6.45) is 0. The van der Waals surface area contributed by atoms with Crippen LogP contribution in [0.15, 0.2) is 21.6 Å². The van der Waals surface area contributed by atoms with Crippen molar-refractivity contribution in [2.24, 2.45) is 0 Å². The minimum atomic E-state index is 0.665. The summed E-state index contributed by atoms with van der Waals surface area (Å²) in [7, 11) is 0. The normalized spacial score (nSPS) is 10.3. The van der Waals surface area contributed by atoms with Crippen molar-refractivity contribution in [3.8, 4) is 11.4 Å². The summed E-state index contributed by atoms with van der Waals surface area (Å²) < 4.78 is 0.665. The summed E-state index contributed by atoms with van der Waals surface area (Å²) in [5, 5.41) is 10.7. The smallest absolute Gasteiger partial charge is 0.193 e. The van der Waals surface area contributed by atoms with E-state index in [4.69, 9.17) is 0 Å². The Kier molecular flexibility index (Phi) is 1.75. The molecule has 0 fully saturated rings. The molecular formula is C6H4BrN3S. The molecule has 2 heterocycles. The summed E-state index contributed by atoms with van der Waals surface area (Å²) in [6.45, 7) is 0. The molecule has 2 aromatic rings. The molecule has 0 aromatic carbocycles. The van der Waals surface area contributed by atoms with Crippen molar-refractivity contribution in [3.63, 3.8) is 0 Å². The molecule has 2 aromatic heterocycles. The fraction of sp³-hybridized carbons (Fsp3) is 0. The highest BCUT2D eigenvalue weighted by atomic mass is 79.9. The molecule has 0 atom stereocenters. The second-order valence-electron chi connectivity index (χ2n) is 1.96. The standard InChI is InChI=1S/C6H4BrN3S/c7-6-8-5(9-10-6)4-1-2-11-3-4/h1-3H,(H,8,9,10). The zero-order valence-corrected chi connectivity index (χ0v) is 7.82. The molecule has 0 aliphatic heterocycles. The maximum atomic E-state index is 4.11. The van der Waals surface area contributed by atoms with Gasteiger partial charge in [-0.1, -0.05) is 0 Å². The Morgan fingerprint density at radius 1 is 1.55 bits per heavy atom. The van der Waals surface area contributed by atoms with E-state index in [-0.39, 0.29) is 0 Å². The van der Waals surface area contributed by atoms with Crippen LogP contribution in [-0.4, -0.2) is 15.2 Å². The zero-order valence-electron chi connectivity index (χ0n) is 5.41. The maximum Gasteiger partial charge on any atom is 0.193 e. The molecule has 5 heteroatoms. The van der Waals surface area contributed by atoms with Gasteiger partial charge in [0, 0.05) is 10.9 Å². The van der Waals surface area contributed by atoms with Gasteiger partial charge in [-0.3, -0.25) is 5.10 Å². The largest absolute Gasteiger partial charge is 0.253 e. The van der Waals surface area contributed by atoms with E-state index < -0.39 is 0 Å². The molecule has 0 saturated heterocycles. The van der Waals surface area contributed by atoms with Crippen LogP contribution in [0, 0.1) is 0 Å². The lowest BCUT2D eigenvalue weighted by molar-refractivity contribution is 1.07. The molecule has 11 heavy (non-hydrogen) atoms. The number of nitrogens with zero attached hydrogens (tertiary/aromatic N) is 2. The average Bonchev–Trinajstić information content (AvgIpc) is 2.55. The third-order valence-corrected chi connectivity index (χ3v) is 2.28. The van der Waals surface area contributed by atoms with Crippen LogP contribution in [0.4, 0.5) is 0 Å². The number of hydrogen-bond donors (Lipinski definition) is 1. The first-order chi connectivity index (χ1) is 5.36. The number of rotatable bonds is 1. The first kappa shape index (κ1) is 7.00. The molecule has 2 rings (SSSR count). The minimum absolute atomic E-state index is 0.665. The van der Waals surface area contributed by atoms with Gasteiger partial charge in [-0.05, 0) is 27.4 Å². The van der Waals surface area contributed by atoms with E-state index in [9.17, 15) is 0 Å². The molecule has 0 aliphatic rings. The van der Waals surface area contributed by atoms with Crippen molar-refractivity contribution < 1.29 is 0 Å². The van der Waals surface area contributed by atoms with Gasteiger partial charge >= 0.3 is 0 Å². The van der Waals surface area contributed by atoms with Gasteiger partial charge in [0.2, 0.25) is 0 Å². The Morgan fingerprint density at radius 2 is 2.45 bits per heavy atom. The minimum Gasteiger partial charge on any atom is -0.253 e. The highest BCUT2D eigenvalue weighted by molar-refractivity contribution is 9.10. The van der Waals surface area contributed by atoms with Gasteiger partial charge in [0.05, 0.1) is 0 Å². The van der Waals surface area contributed by atoms with Crippen molar-refractivity contribution in [2.75, 3.05) is 0 Å². The van der Waals surface area contributed by atoms with E-state index in [1.807, 2.05) is 16.8 Å². The quantitative estimate of drug-likeness (QED) is 0.816. The molecular weight excluding hydrogens is 226 g/mol. The monoisotopic (exact) mass is 229 g/mol. The van der Waals surface area contributed by atoms with Gasteiger partial charge in [-0.25, -0.2) is 4.98 Å². The van der Waals surface area contributed by atoms with Crippen molar-refractivity contribution in [1.29, 1.82) is 0 Å². The van der Waals surface area contributed by atoms with Crippen LogP contribution in [-0.2, 0) is 0 Å². The molecule has 0 bridgehead atoms. The first-order valence-corrected chi connectivity index (χ1v) is 4.70. The number of thiophene rings is 1. The van der Waals surface area contributed by atoms with Crippen LogP contribution in [0.2, 0.25) is 0 Å². The lowest BCUT2D eigenvalue weighted by Gasteiger charge is -1.82. The summed E-state index contributed by atoms with van der Waals surface area (Å²) in [4.78, 5) is 4.11. The second kappa shape index (κ2) is 2.75. The SMILES string of the molecule is Brc1nc(-c2ccsc2)n[nH]1. The predicted molar refractivity (Wildman–Crippen MR) is 47.4 cm³/mol. The van der Waals surface area contributed by atoms with Crippen LogP contribution < -0.4 is 0 Å². The fourth-order valence-electron chi connectivity index (χ4n) is 0.763. The highest BCUT2D eigenvalue weighted by Crippen LogP contribution is 2.18. The molecule has 0 amide bonds. The lowest BCUT2D eigenvalue weighted by atomic mass is 10.3. The molecule has 3 nitrogen and oxygen atoms in total. The van der Waals surface area contributed by atoms with Crippen molar-refractivity contribution in [3.05, 3.63) is 21.6 Å². The number of aromatic amines is 1. The molecule has 0 saturated carbocycles. The molecule has 0 radical (unpaired) electrons. The molecule has 0 unspecified atom stereocenters. The van der Waals surface area contributed by atoms with E-state index in [0.29, 0.717) is 4.73 Å². The maximum absolute atomic E-state index is 4.11. The van der Waals surface area contributed by atoms with Crippen molar-refractivity contribution in [2.45, 2.75) is 0 Å². The number of hydrogen-bond acceptors (Lipinski definition) is 3. The molecule has 0 aliphatic carbocycles. The van der Waals surface area contributed by atoms with Crippen LogP contribution in [0.25, 0.3) is 11.4 Å². The van der Waals surface area contributed by atoms with Gasteiger partial charge < -0.3 is 0 Å².